The number of nitrogens with one attached hydrogen (secondary N) is 1. The largest absolute Gasteiger partial charge is 0.497 e. The van der Waals surface area contributed by atoms with Crippen molar-refractivity contribution in [2.45, 2.75) is 38.1 Å². The number of hydrogen-bond acceptors (Lipinski definition) is 6. The molecule has 1 fully saturated rings. The van der Waals surface area contributed by atoms with Crippen molar-refractivity contribution in [2.24, 2.45) is 4.99 Å². The minimum absolute atomic E-state index is 0.0648. The van der Waals surface area contributed by atoms with E-state index in [2.05, 4.69) is 9.98 Å². The van der Waals surface area contributed by atoms with E-state index in [-0.39, 0.29) is 17.5 Å². The molecule has 1 aromatic heterocycles. The highest BCUT2D eigenvalue weighted by Crippen LogP contribution is 2.32. The maximum absolute atomic E-state index is 12.2. The first kappa shape index (κ1) is 18.8. The smallest absolute Gasteiger partial charge is 0.331 e. The molecular formula is C19H23N3O5. The molecule has 2 aromatic rings. The van der Waals surface area contributed by atoms with Gasteiger partial charge in [-0.25, -0.2) is 4.79 Å². The Morgan fingerprint density at radius 3 is 2.59 bits per heavy atom. The van der Waals surface area contributed by atoms with Crippen molar-refractivity contribution in [2.75, 3.05) is 14.2 Å². The Hall–Kier alpha value is -3.03. The summed E-state index contributed by atoms with van der Waals surface area (Å²) in [7, 11) is 3.04. The molecule has 0 aliphatic heterocycles. The summed E-state index contributed by atoms with van der Waals surface area (Å²) in [6.45, 7) is 0. The summed E-state index contributed by atoms with van der Waals surface area (Å²) >= 11 is 0. The van der Waals surface area contributed by atoms with Gasteiger partial charge in [0.25, 0.3) is 5.56 Å². The highest BCUT2D eigenvalue weighted by molar-refractivity contribution is 5.84. The molecule has 1 saturated carbocycles. The molecule has 8 heteroatoms. The molecule has 3 rings (SSSR count). The summed E-state index contributed by atoms with van der Waals surface area (Å²) in [4.78, 5) is 31.0. The molecule has 0 amide bonds. The highest BCUT2D eigenvalue weighted by atomic mass is 16.5. The average Bonchev–Trinajstić information content (AvgIpc) is 2.68. The second-order valence-electron chi connectivity index (χ2n) is 6.45. The summed E-state index contributed by atoms with van der Waals surface area (Å²) < 4.78 is 11.7. The lowest BCUT2D eigenvalue weighted by molar-refractivity contribution is 0.298. The molecule has 0 atom stereocenters. The quantitative estimate of drug-likeness (QED) is 0.784. The van der Waals surface area contributed by atoms with Crippen LogP contribution in [0.3, 0.4) is 0 Å². The second kappa shape index (κ2) is 8.11. The van der Waals surface area contributed by atoms with Crippen LogP contribution in [0.4, 0.5) is 5.69 Å². The number of hydrogen-bond donors (Lipinski definition) is 2. The van der Waals surface area contributed by atoms with Crippen LogP contribution in [-0.2, 0) is 0 Å². The van der Waals surface area contributed by atoms with Gasteiger partial charge in [-0.1, -0.05) is 19.3 Å². The Balaban J connectivity index is 2.03. The van der Waals surface area contributed by atoms with E-state index in [1.54, 1.807) is 18.2 Å². The van der Waals surface area contributed by atoms with E-state index < -0.39 is 11.2 Å². The van der Waals surface area contributed by atoms with Crippen molar-refractivity contribution in [3.05, 3.63) is 44.6 Å². The first-order valence-corrected chi connectivity index (χ1v) is 8.89. The number of benzene rings is 1. The van der Waals surface area contributed by atoms with Crippen LogP contribution in [-0.4, -0.2) is 35.1 Å². The molecule has 0 radical (unpaired) electrons. The fourth-order valence-corrected chi connectivity index (χ4v) is 3.38. The number of methoxy groups -OCH3 is 2. The predicted molar refractivity (Wildman–Crippen MR) is 102 cm³/mol. The van der Waals surface area contributed by atoms with Gasteiger partial charge >= 0.3 is 5.69 Å². The van der Waals surface area contributed by atoms with Gasteiger partial charge in [-0.2, -0.15) is 0 Å². The van der Waals surface area contributed by atoms with E-state index in [1.165, 1.54) is 25.0 Å². The third-order valence-corrected chi connectivity index (χ3v) is 4.81. The molecular weight excluding hydrogens is 350 g/mol. The summed E-state index contributed by atoms with van der Waals surface area (Å²) in [5, 5.41) is 10.6. The van der Waals surface area contributed by atoms with Gasteiger partial charge in [0.2, 0.25) is 5.88 Å². The van der Waals surface area contributed by atoms with E-state index in [1.807, 2.05) is 0 Å². The monoisotopic (exact) mass is 373 g/mol. The lowest BCUT2D eigenvalue weighted by atomic mass is 9.95. The van der Waals surface area contributed by atoms with E-state index >= 15 is 0 Å². The summed E-state index contributed by atoms with van der Waals surface area (Å²) in [6, 6.07) is 4.95. The van der Waals surface area contributed by atoms with E-state index in [0.29, 0.717) is 17.2 Å². The molecule has 2 N–H and O–H groups in total. The number of H-pyrrole nitrogens is 1. The molecule has 1 aliphatic carbocycles. The molecule has 144 valence electrons. The minimum atomic E-state index is -0.685. The molecule has 1 aromatic carbocycles. The van der Waals surface area contributed by atoms with Gasteiger partial charge in [0.05, 0.1) is 14.2 Å². The molecule has 0 saturated heterocycles. The van der Waals surface area contributed by atoms with Crippen molar-refractivity contribution in [1.29, 1.82) is 0 Å². The summed E-state index contributed by atoms with van der Waals surface area (Å²) in [5.74, 6) is 0.707. The maximum Gasteiger partial charge on any atom is 0.331 e. The Bertz CT molecular complexity index is 955. The van der Waals surface area contributed by atoms with E-state index in [0.717, 1.165) is 32.1 Å². The van der Waals surface area contributed by atoms with Crippen LogP contribution >= 0.6 is 0 Å². The Morgan fingerprint density at radius 1 is 1.19 bits per heavy atom. The molecule has 1 heterocycles. The molecule has 8 nitrogen and oxygen atoms in total. The molecule has 0 bridgehead atoms. The number of ether oxygens (including phenoxy) is 2. The van der Waals surface area contributed by atoms with Gasteiger partial charge < -0.3 is 14.6 Å². The number of aromatic hydroxyl groups is 1. The Labute approximate surface area is 156 Å². The van der Waals surface area contributed by atoms with Crippen molar-refractivity contribution >= 4 is 11.9 Å². The standard InChI is InChI=1S/C19H23N3O5/c1-26-13-8-9-16(27-2)15(10-13)20-11-14-17(23)21-19(25)22(18(14)24)12-6-4-3-5-7-12/h8-12,24H,3-7H2,1-2H3,(H,21,23,25). The number of aromatic nitrogens is 2. The van der Waals surface area contributed by atoms with Crippen LogP contribution in [0.15, 0.2) is 32.8 Å². The number of aromatic amines is 1. The average molecular weight is 373 g/mol. The van der Waals surface area contributed by atoms with Gasteiger partial charge in [-0.15, -0.1) is 0 Å². The fraction of sp³-hybridized carbons (Fsp3) is 0.421. The first-order valence-electron chi connectivity index (χ1n) is 8.89. The summed E-state index contributed by atoms with van der Waals surface area (Å²) in [6.07, 6.45) is 5.91. The third-order valence-electron chi connectivity index (χ3n) is 4.81. The van der Waals surface area contributed by atoms with Gasteiger partial charge in [0.1, 0.15) is 22.7 Å². The minimum Gasteiger partial charge on any atom is -0.497 e. The lowest BCUT2D eigenvalue weighted by Gasteiger charge is -2.24. The Kier molecular flexibility index (Phi) is 5.63. The lowest BCUT2D eigenvalue weighted by Crippen LogP contribution is -2.35. The number of rotatable bonds is 5. The van der Waals surface area contributed by atoms with Crippen LogP contribution in [0, 0.1) is 0 Å². The van der Waals surface area contributed by atoms with Crippen molar-refractivity contribution in [3.63, 3.8) is 0 Å². The molecule has 0 unspecified atom stereocenters. The zero-order valence-corrected chi connectivity index (χ0v) is 15.4. The number of aliphatic imine (C=N–C) groups is 1. The van der Waals surface area contributed by atoms with E-state index in [9.17, 15) is 14.7 Å². The van der Waals surface area contributed by atoms with Crippen molar-refractivity contribution < 1.29 is 14.6 Å². The van der Waals surface area contributed by atoms with Crippen molar-refractivity contribution in [3.8, 4) is 17.4 Å². The normalized spacial score (nSPS) is 15.2. The SMILES string of the molecule is COc1ccc(OC)c(N=Cc2c(O)n(C3CCCCC3)c(=O)[nH]c2=O)c1. The van der Waals surface area contributed by atoms with Crippen LogP contribution in [0.1, 0.15) is 43.7 Å². The van der Waals surface area contributed by atoms with Crippen LogP contribution in [0.25, 0.3) is 0 Å². The Morgan fingerprint density at radius 2 is 1.93 bits per heavy atom. The third kappa shape index (κ3) is 3.89. The first-order chi connectivity index (χ1) is 13.0. The number of nitrogens with zero attached hydrogens (tertiary/aromatic N) is 2. The second-order valence-corrected chi connectivity index (χ2v) is 6.45. The summed E-state index contributed by atoms with van der Waals surface area (Å²) in [5.41, 5.74) is -0.910. The van der Waals surface area contributed by atoms with Gasteiger partial charge in [0, 0.05) is 18.3 Å². The van der Waals surface area contributed by atoms with Gasteiger partial charge in [-0.3, -0.25) is 19.3 Å². The highest BCUT2D eigenvalue weighted by Gasteiger charge is 2.22. The predicted octanol–water partition coefficient (Wildman–Crippen LogP) is 2.52. The zero-order chi connectivity index (χ0) is 19.4. The molecule has 0 spiro atoms. The topological polar surface area (TPSA) is 106 Å². The fourth-order valence-electron chi connectivity index (χ4n) is 3.38. The maximum atomic E-state index is 12.2. The zero-order valence-electron chi connectivity index (χ0n) is 15.4. The molecule has 1 aliphatic rings. The van der Waals surface area contributed by atoms with Gasteiger partial charge in [0.15, 0.2) is 0 Å². The van der Waals surface area contributed by atoms with Crippen LogP contribution in [0.2, 0.25) is 0 Å². The van der Waals surface area contributed by atoms with Gasteiger partial charge in [-0.05, 0) is 25.0 Å². The van der Waals surface area contributed by atoms with Crippen LogP contribution < -0.4 is 20.7 Å². The molecule has 27 heavy (non-hydrogen) atoms. The van der Waals surface area contributed by atoms with E-state index in [4.69, 9.17) is 9.47 Å². The van der Waals surface area contributed by atoms with Crippen molar-refractivity contribution in [1.82, 2.24) is 9.55 Å². The van der Waals surface area contributed by atoms with Crippen LogP contribution in [0.5, 0.6) is 17.4 Å².